The summed E-state index contributed by atoms with van der Waals surface area (Å²) in [5.74, 6) is -0.931. The zero-order chi connectivity index (χ0) is 22.1. The van der Waals surface area contributed by atoms with Gasteiger partial charge in [0, 0.05) is 27.2 Å². The van der Waals surface area contributed by atoms with Crippen LogP contribution in [0.2, 0.25) is 10.0 Å². The van der Waals surface area contributed by atoms with Crippen molar-refractivity contribution in [1.29, 1.82) is 0 Å². The molecule has 0 spiro atoms. The normalized spacial score (nSPS) is 13.9. The predicted octanol–water partition coefficient (Wildman–Crippen LogP) is 4.08. The number of benzene rings is 2. The monoisotopic (exact) mass is 457 g/mol. The molecule has 1 saturated heterocycles. The molecule has 2 N–H and O–H groups in total. The minimum absolute atomic E-state index is 0.130. The summed E-state index contributed by atoms with van der Waals surface area (Å²) in [7, 11) is 0. The number of barbiturate groups is 1. The molecular weight excluding hydrogens is 441 g/mol. The van der Waals surface area contributed by atoms with Gasteiger partial charge >= 0.3 is 6.03 Å². The average Bonchev–Trinajstić information content (AvgIpc) is 2.97. The first-order valence-electron chi connectivity index (χ1n) is 9.39. The number of ether oxygens (including phenoxy) is 1. The van der Waals surface area contributed by atoms with Crippen LogP contribution >= 0.6 is 23.2 Å². The van der Waals surface area contributed by atoms with Crippen LogP contribution in [-0.2, 0) is 16.1 Å². The lowest BCUT2D eigenvalue weighted by Gasteiger charge is -2.14. The quantitative estimate of drug-likeness (QED) is 0.446. The van der Waals surface area contributed by atoms with Crippen LogP contribution in [0, 0.1) is 6.92 Å². The lowest BCUT2D eigenvalue weighted by Crippen LogP contribution is -2.51. The van der Waals surface area contributed by atoms with E-state index in [0.29, 0.717) is 28.9 Å². The van der Waals surface area contributed by atoms with Crippen LogP contribution in [0.15, 0.2) is 48.0 Å². The molecule has 0 unspecified atom stereocenters. The van der Waals surface area contributed by atoms with E-state index < -0.39 is 17.8 Å². The molecule has 2 aromatic carbocycles. The number of hydrogen-bond acceptors (Lipinski definition) is 4. The smallest absolute Gasteiger partial charge is 0.328 e. The van der Waals surface area contributed by atoms with Gasteiger partial charge in [0.05, 0.1) is 11.6 Å². The molecule has 4 amide bonds. The van der Waals surface area contributed by atoms with Crippen LogP contribution in [0.1, 0.15) is 11.3 Å². The van der Waals surface area contributed by atoms with Crippen LogP contribution in [0.4, 0.5) is 4.79 Å². The molecule has 3 aromatic rings. The minimum atomic E-state index is -0.829. The maximum absolute atomic E-state index is 12.1. The number of amides is 4. The molecule has 0 radical (unpaired) electrons. The van der Waals surface area contributed by atoms with Gasteiger partial charge in [-0.2, -0.15) is 0 Å². The van der Waals surface area contributed by atoms with E-state index in [4.69, 9.17) is 27.9 Å². The van der Waals surface area contributed by atoms with Gasteiger partial charge in [-0.3, -0.25) is 20.2 Å². The Bertz CT molecular complexity index is 1240. The van der Waals surface area contributed by atoms with E-state index in [9.17, 15) is 14.4 Å². The molecule has 7 nitrogen and oxygen atoms in total. The number of rotatable bonds is 5. The Morgan fingerprint density at radius 2 is 1.74 bits per heavy atom. The number of aromatic nitrogens is 1. The Kier molecular flexibility index (Phi) is 5.71. The molecule has 1 aliphatic heterocycles. The number of nitrogens with one attached hydrogen (secondary N) is 2. The fourth-order valence-electron chi connectivity index (χ4n) is 3.52. The van der Waals surface area contributed by atoms with Gasteiger partial charge in [0.2, 0.25) is 0 Å². The summed E-state index contributed by atoms with van der Waals surface area (Å²) in [5, 5.41) is 6.00. The second-order valence-corrected chi connectivity index (χ2v) is 7.73. The number of imide groups is 2. The van der Waals surface area contributed by atoms with Gasteiger partial charge in [-0.05, 0) is 37.3 Å². The van der Waals surface area contributed by atoms with E-state index in [-0.39, 0.29) is 5.57 Å². The maximum Gasteiger partial charge on any atom is 0.328 e. The minimum Gasteiger partial charge on any atom is -0.490 e. The van der Waals surface area contributed by atoms with E-state index in [1.54, 1.807) is 18.2 Å². The highest BCUT2D eigenvalue weighted by Crippen LogP contribution is 2.30. The third-order valence-corrected chi connectivity index (χ3v) is 5.51. The molecule has 9 heteroatoms. The molecule has 0 aliphatic carbocycles. The summed E-state index contributed by atoms with van der Waals surface area (Å²) < 4.78 is 7.85. The van der Waals surface area contributed by atoms with Crippen LogP contribution < -0.4 is 15.4 Å². The molecule has 31 heavy (non-hydrogen) atoms. The fraction of sp³-hybridized carbons (Fsp3) is 0.136. The molecule has 0 bridgehead atoms. The third-order valence-electron chi connectivity index (χ3n) is 4.98. The third kappa shape index (κ3) is 4.15. The summed E-state index contributed by atoms with van der Waals surface area (Å²) >= 11 is 12.1. The first-order valence-corrected chi connectivity index (χ1v) is 10.1. The largest absolute Gasteiger partial charge is 0.490 e. The fourth-order valence-corrected chi connectivity index (χ4v) is 3.98. The Morgan fingerprint density at radius 3 is 2.45 bits per heavy atom. The molecule has 1 aromatic heterocycles. The van der Waals surface area contributed by atoms with Gasteiger partial charge in [-0.1, -0.05) is 41.4 Å². The number of para-hydroxylation sites is 1. The molecule has 2 heterocycles. The summed E-state index contributed by atoms with van der Waals surface area (Å²) in [6.07, 6.45) is 1.50. The molecule has 0 saturated carbocycles. The summed E-state index contributed by atoms with van der Waals surface area (Å²) in [5.41, 5.74) is 2.35. The number of hydrogen-bond donors (Lipinski definition) is 2. The topological polar surface area (TPSA) is 89.4 Å². The zero-order valence-corrected chi connectivity index (χ0v) is 17.9. The standard InChI is InChI=1S/C22H17Cl2N3O4/c1-12-15(11-16-20(28)25-22(30)26-21(16)29)14-4-2-3-5-18(14)27(12)8-9-31-19-7-6-13(23)10-17(19)24/h2-7,10-11H,8-9H2,1H3,(H2,25,26,28,29,30). The lowest BCUT2D eigenvalue weighted by atomic mass is 10.1. The van der Waals surface area contributed by atoms with Gasteiger partial charge in [0.25, 0.3) is 11.8 Å². The SMILES string of the molecule is Cc1c(C=C2C(=O)NC(=O)NC2=O)c2ccccc2n1CCOc1ccc(Cl)cc1Cl. The van der Waals surface area contributed by atoms with Crippen LogP contribution in [0.5, 0.6) is 5.75 Å². The number of carbonyl (C=O) groups is 3. The Balaban J connectivity index is 1.65. The van der Waals surface area contributed by atoms with Gasteiger partial charge in [-0.15, -0.1) is 0 Å². The summed E-state index contributed by atoms with van der Waals surface area (Å²) in [6, 6.07) is 11.8. The van der Waals surface area contributed by atoms with Gasteiger partial charge in [-0.25, -0.2) is 4.79 Å². The number of fused-ring (bicyclic) bond motifs is 1. The van der Waals surface area contributed by atoms with E-state index in [2.05, 4.69) is 10.6 Å². The van der Waals surface area contributed by atoms with Gasteiger partial charge < -0.3 is 9.30 Å². The molecule has 158 valence electrons. The number of nitrogens with zero attached hydrogens (tertiary/aromatic N) is 1. The van der Waals surface area contributed by atoms with Crippen molar-refractivity contribution in [3.8, 4) is 5.75 Å². The predicted molar refractivity (Wildman–Crippen MR) is 118 cm³/mol. The number of urea groups is 1. The van der Waals surface area contributed by atoms with Crippen molar-refractivity contribution in [1.82, 2.24) is 15.2 Å². The first kappa shape index (κ1) is 21.0. The number of carbonyl (C=O) groups excluding carboxylic acids is 3. The van der Waals surface area contributed by atoms with Gasteiger partial charge in [0.15, 0.2) is 0 Å². The van der Waals surface area contributed by atoms with Crippen molar-refractivity contribution in [3.63, 3.8) is 0 Å². The van der Waals surface area contributed by atoms with Crippen molar-refractivity contribution < 1.29 is 19.1 Å². The van der Waals surface area contributed by atoms with E-state index in [0.717, 1.165) is 22.2 Å². The van der Waals surface area contributed by atoms with E-state index in [1.165, 1.54) is 6.08 Å². The summed E-state index contributed by atoms with van der Waals surface area (Å²) in [4.78, 5) is 35.6. The maximum atomic E-state index is 12.1. The average molecular weight is 458 g/mol. The zero-order valence-electron chi connectivity index (χ0n) is 16.4. The Labute approximate surface area is 187 Å². The summed E-state index contributed by atoms with van der Waals surface area (Å²) in [6.45, 7) is 2.74. The van der Waals surface area contributed by atoms with Crippen LogP contribution in [-0.4, -0.2) is 29.0 Å². The van der Waals surface area contributed by atoms with Gasteiger partial charge in [0.1, 0.15) is 17.9 Å². The second kappa shape index (κ2) is 8.45. The van der Waals surface area contributed by atoms with Crippen molar-refractivity contribution in [3.05, 3.63) is 69.3 Å². The van der Waals surface area contributed by atoms with Crippen molar-refractivity contribution in [2.45, 2.75) is 13.5 Å². The highest BCUT2D eigenvalue weighted by Gasteiger charge is 2.28. The van der Waals surface area contributed by atoms with Crippen LogP contribution in [0.3, 0.4) is 0 Å². The molecule has 4 rings (SSSR count). The highest BCUT2D eigenvalue weighted by atomic mass is 35.5. The van der Waals surface area contributed by atoms with E-state index in [1.807, 2.05) is 35.8 Å². The second-order valence-electron chi connectivity index (χ2n) is 6.89. The Morgan fingerprint density at radius 1 is 1.03 bits per heavy atom. The molecule has 1 fully saturated rings. The van der Waals surface area contributed by atoms with Crippen molar-refractivity contribution in [2.75, 3.05) is 6.61 Å². The van der Waals surface area contributed by atoms with E-state index >= 15 is 0 Å². The molecular formula is C22H17Cl2N3O4. The van der Waals surface area contributed by atoms with Crippen LogP contribution in [0.25, 0.3) is 17.0 Å². The van der Waals surface area contributed by atoms with Crippen molar-refractivity contribution in [2.24, 2.45) is 0 Å². The molecule has 0 atom stereocenters. The Hall–Kier alpha value is -3.29. The number of halogens is 2. The van der Waals surface area contributed by atoms with Crippen molar-refractivity contribution >= 4 is 58.0 Å². The lowest BCUT2D eigenvalue weighted by molar-refractivity contribution is -0.123. The first-order chi connectivity index (χ1) is 14.8. The highest BCUT2D eigenvalue weighted by molar-refractivity contribution is 6.35. The molecule has 1 aliphatic rings.